The summed E-state index contributed by atoms with van der Waals surface area (Å²) in [6.45, 7) is 1.87. The number of Topliss-reactive ketones (excluding diaryl/α,β-unsaturated/α-hetero) is 1. The molecule has 1 aliphatic carbocycles. The van der Waals surface area contributed by atoms with Gasteiger partial charge in [-0.05, 0) is 19.1 Å². The van der Waals surface area contributed by atoms with Crippen LogP contribution in [0.15, 0.2) is 50.1 Å². The van der Waals surface area contributed by atoms with Gasteiger partial charge in [0.25, 0.3) is 0 Å². The Labute approximate surface area is 130 Å². The van der Waals surface area contributed by atoms with Crippen LogP contribution in [0.2, 0.25) is 0 Å². The molecule has 2 heterocycles. The van der Waals surface area contributed by atoms with Crippen LogP contribution < -0.4 is 0 Å². The third-order valence-electron chi connectivity index (χ3n) is 3.34. The first-order chi connectivity index (χ1) is 10.0. The number of aliphatic imine (C=N–C) groups is 1. The Kier molecular flexibility index (Phi) is 3.55. The van der Waals surface area contributed by atoms with Crippen LogP contribution in [-0.2, 0) is 4.74 Å². The molecule has 0 spiro atoms. The van der Waals surface area contributed by atoms with Crippen molar-refractivity contribution >= 4 is 34.4 Å². The number of rotatable bonds is 3. The molecule has 3 rings (SSSR count). The second-order valence-electron chi connectivity index (χ2n) is 4.73. The summed E-state index contributed by atoms with van der Waals surface area (Å²) in [5.41, 5.74) is 3.09. The molecular weight excluding hydrogens is 313 g/mol. The van der Waals surface area contributed by atoms with Gasteiger partial charge in [0.1, 0.15) is 5.76 Å². The Hall–Kier alpha value is -1.72. The van der Waals surface area contributed by atoms with Crippen molar-refractivity contribution in [3.05, 3.63) is 55.9 Å². The number of fused-ring (bicyclic) bond motifs is 1. The first kappa shape index (κ1) is 14.2. The number of nitrogens with zero attached hydrogens (tertiary/aromatic N) is 1. The lowest BCUT2D eigenvalue weighted by Gasteiger charge is -2.19. The lowest BCUT2D eigenvalue weighted by Crippen LogP contribution is -2.17. The molecule has 1 aliphatic heterocycles. The van der Waals surface area contributed by atoms with E-state index in [4.69, 9.17) is 16.3 Å². The molecule has 0 saturated heterocycles. The van der Waals surface area contributed by atoms with E-state index in [9.17, 15) is 9.18 Å². The highest BCUT2D eigenvalue weighted by atomic mass is 35.5. The number of hydrogen-bond acceptors (Lipinski definition) is 4. The fourth-order valence-corrected chi connectivity index (χ4v) is 3.39. The van der Waals surface area contributed by atoms with Crippen LogP contribution in [0, 0.1) is 5.13 Å². The average Bonchev–Trinajstić information content (AvgIpc) is 3.03. The zero-order chi connectivity index (χ0) is 15.1. The van der Waals surface area contributed by atoms with E-state index < -0.39 is 5.13 Å². The standard InChI is InChI=1S/C15H11ClFNO2S/c1-7-3-9-11(18-7)5-10(15(20-2)13(9)16)14(19)8-4-12(17)21-6-8/h3-4,6H,5H2,1-2H3. The van der Waals surface area contributed by atoms with Gasteiger partial charge in [0, 0.05) is 34.2 Å². The van der Waals surface area contributed by atoms with Gasteiger partial charge in [0.15, 0.2) is 10.9 Å². The molecule has 108 valence electrons. The maximum Gasteiger partial charge on any atom is 0.194 e. The minimum absolute atomic E-state index is 0.281. The summed E-state index contributed by atoms with van der Waals surface area (Å²) in [7, 11) is 1.47. The molecule has 0 N–H and O–H groups in total. The fourth-order valence-electron chi connectivity index (χ4n) is 2.42. The predicted molar refractivity (Wildman–Crippen MR) is 81.3 cm³/mol. The number of carbonyl (C=O) groups is 1. The molecule has 6 heteroatoms. The summed E-state index contributed by atoms with van der Waals surface area (Å²) in [6.07, 6.45) is 2.20. The lowest BCUT2D eigenvalue weighted by atomic mass is 9.91. The molecule has 0 fully saturated rings. The van der Waals surface area contributed by atoms with Gasteiger partial charge < -0.3 is 4.74 Å². The topological polar surface area (TPSA) is 38.7 Å². The van der Waals surface area contributed by atoms with Gasteiger partial charge in [-0.1, -0.05) is 11.6 Å². The Bertz CT molecular complexity index is 770. The zero-order valence-corrected chi connectivity index (χ0v) is 12.9. The number of carbonyl (C=O) groups excluding carboxylic acids is 1. The molecule has 1 aromatic rings. The highest BCUT2D eigenvalue weighted by molar-refractivity contribution is 7.08. The van der Waals surface area contributed by atoms with E-state index in [0.717, 1.165) is 28.3 Å². The second-order valence-corrected chi connectivity index (χ2v) is 5.97. The summed E-state index contributed by atoms with van der Waals surface area (Å²) < 4.78 is 18.4. The van der Waals surface area contributed by atoms with E-state index in [-0.39, 0.29) is 5.78 Å². The number of hydrogen-bond donors (Lipinski definition) is 0. The monoisotopic (exact) mass is 323 g/mol. The highest BCUT2D eigenvalue weighted by Gasteiger charge is 2.31. The van der Waals surface area contributed by atoms with Crippen LogP contribution >= 0.6 is 22.9 Å². The molecule has 2 aliphatic rings. The normalized spacial score (nSPS) is 17.7. The van der Waals surface area contributed by atoms with Crippen LogP contribution in [0.1, 0.15) is 23.7 Å². The van der Waals surface area contributed by atoms with Crippen molar-refractivity contribution in [2.24, 2.45) is 4.99 Å². The molecule has 0 amide bonds. The molecule has 0 radical (unpaired) electrons. The zero-order valence-electron chi connectivity index (χ0n) is 11.4. The number of allylic oxidation sites excluding steroid dienone is 5. The molecule has 1 aromatic heterocycles. The van der Waals surface area contributed by atoms with E-state index >= 15 is 0 Å². The van der Waals surface area contributed by atoms with E-state index in [1.165, 1.54) is 18.6 Å². The minimum atomic E-state index is -0.397. The van der Waals surface area contributed by atoms with Gasteiger partial charge in [-0.25, -0.2) is 0 Å². The Morgan fingerprint density at radius 2 is 2.29 bits per heavy atom. The Morgan fingerprint density at radius 3 is 2.90 bits per heavy atom. The highest BCUT2D eigenvalue weighted by Crippen LogP contribution is 2.37. The van der Waals surface area contributed by atoms with E-state index in [2.05, 4.69) is 4.99 Å². The molecule has 3 nitrogen and oxygen atoms in total. The number of ether oxygens (including phenoxy) is 1. The number of halogens is 2. The largest absolute Gasteiger partial charge is 0.495 e. The van der Waals surface area contributed by atoms with Crippen LogP contribution in [0.4, 0.5) is 4.39 Å². The Morgan fingerprint density at radius 1 is 1.52 bits per heavy atom. The smallest absolute Gasteiger partial charge is 0.194 e. The summed E-state index contributed by atoms with van der Waals surface area (Å²) in [5.74, 6) is 0.0598. The summed E-state index contributed by atoms with van der Waals surface area (Å²) >= 11 is 7.22. The number of thiophene rings is 1. The molecule has 0 bridgehead atoms. The van der Waals surface area contributed by atoms with Gasteiger partial charge in [-0.15, -0.1) is 11.3 Å². The van der Waals surface area contributed by atoms with E-state index in [1.54, 1.807) is 0 Å². The number of methoxy groups -OCH3 is 1. The molecular formula is C15H11ClFNO2S. The van der Waals surface area contributed by atoms with Crippen LogP contribution in [0.5, 0.6) is 0 Å². The third kappa shape index (κ3) is 2.36. The van der Waals surface area contributed by atoms with Gasteiger partial charge in [-0.3, -0.25) is 9.79 Å². The van der Waals surface area contributed by atoms with Gasteiger partial charge in [0.2, 0.25) is 0 Å². The third-order valence-corrected chi connectivity index (χ3v) is 4.43. The maximum absolute atomic E-state index is 13.1. The molecule has 0 aromatic carbocycles. The van der Waals surface area contributed by atoms with Crippen molar-refractivity contribution in [3.8, 4) is 0 Å². The molecule has 0 unspecified atom stereocenters. The SMILES string of the molecule is COC1=C(C(=O)c2csc(F)c2)CC2=NC(C)=CC2=C1Cl. The number of ketones is 1. The molecule has 0 saturated carbocycles. The first-order valence-corrected chi connectivity index (χ1v) is 7.49. The summed E-state index contributed by atoms with van der Waals surface area (Å²) in [5, 5.41) is 1.47. The molecule has 0 atom stereocenters. The van der Waals surface area contributed by atoms with Crippen LogP contribution in [0.3, 0.4) is 0 Å². The summed E-state index contributed by atoms with van der Waals surface area (Å²) in [6, 6.07) is 1.22. The van der Waals surface area contributed by atoms with E-state index in [1.807, 2.05) is 13.0 Å². The fraction of sp³-hybridized carbons (Fsp3) is 0.200. The summed E-state index contributed by atoms with van der Waals surface area (Å²) in [4.78, 5) is 16.9. The van der Waals surface area contributed by atoms with Crippen molar-refractivity contribution in [2.45, 2.75) is 13.3 Å². The van der Waals surface area contributed by atoms with Crippen molar-refractivity contribution < 1.29 is 13.9 Å². The van der Waals surface area contributed by atoms with Gasteiger partial charge in [0.05, 0.1) is 17.9 Å². The van der Waals surface area contributed by atoms with Crippen molar-refractivity contribution in [3.63, 3.8) is 0 Å². The molecule has 21 heavy (non-hydrogen) atoms. The van der Waals surface area contributed by atoms with Crippen molar-refractivity contribution in [1.29, 1.82) is 0 Å². The Balaban J connectivity index is 2.08. The average molecular weight is 324 g/mol. The van der Waals surface area contributed by atoms with Gasteiger partial charge in [-0.2, -0.15) is 4.39 Å². The maximum atomic E-state index is 13.1. The van der Waals surface area contributed by atoms with E-state index in [0.29, 0.717) is 28.3 Å². The first-order valence-electron chi connectivity index (χ1n) is 6.23. The lowest BCUT2D eigenvalue weighted by molar-refractivity contribution is 0.102. The van der Waals surface area contributed by atoms with Crippen LogP contribution in [0.25, 0.3) is 0 Å². The van der Waals surface area contributed by atoms with Crippen molar-refractivity contribution in [1.82, 2.24) is 0 Å². The minimum Gasteiger partial charge on any atom is -0.495 e. The quantitative estimate of drug-likeness (QED) is 0.781. The van der Waals surface area contributed by atoms with Gasteiger partial charge >= 0.3 is 0 Å². The van der Waals surface area contributed by atoms with Crippen molar-refractivity contribution in [2.75, 3.05) is 7.11 Å². The second kappa shape index (κ2) is 5.24. The van der Waals surface area contributed by atoms with Crippen LogP contribution in [-0.4, -0.2) is 18.6 Å². The predicted octanol–water partition coefficient (Wildman–Crippen LogP) is 4.23.